The molecule has 0 aliphatic heterocycles. The lowest BCUT2D eigenvalue weighted by atomic mass is 9.87. The maximum absolute atomic E-state index is 11.5. The van der Waals surface area contributed by atoms with Crippen LogP contribution in [0.15, 0.2) is 17.0 Å². The maximum Gasteiger partial charge on any atom is 0.238 e. The minimum absolute atomic E-state index is 0.187. The normalized spacial score (nSPS) is 23.6. The molecule has 1 saturated carbocycles. The van der Waals surface area contributed by atoms with Crippen LogP contribution in [-0.4, -0.2) is 14.5 Å². The number of hydrogen-bond acceptors (Lipinski definition) is 3. The quantitative estimate of drug-likeness (QED) is 0.900. The van der Waals surface area contributed by atoms with E-state index in [1.807, 2.05) is 13.8 Å². The van der Waals surface area contributed by atoms with Crippen LogP contribution in [0.25, 0.3) is 0 Å². The highest BCUT2D eigenvalue weighted by Gasteiger charge is 2.20. The molecule has 0 saturated heterocycles. The Labute approximate surface area is 121 Å². The third kappa shape index (κ3) is 3.52. The van der Waals surface area contributed by atoms with Crippen molar-refractivity contribution in [3.8, 4) is 0 Å². The largest absolute Gasteiger partial charge is 0.382 e. The van der Waals surface area contributed by atoms with Gasteiger partial charge in [0.1, 0.15) is 0 Å². The van der Waals surface area contributed by atoms with E-state index in [-0.39, 0.29) is 4.90 Å². The molecule has 2 rings (SSSR count). The zero-order valence-corrected chi connectivity index (χ0v) is 13.3. The van der Waals surface area contributed by atoms with E-state index in [4.69, 9.17) is 5.14 Å². The summed E-state index contributed by atoms with van der Waals surface area (Å²) in [5, 5.41) is 8.76. The van der Waals surface area contributed by atoms with Gasteiger partial charge in [0.05, 0.1) is 4.90 Å². The van der Waals surface area contributed by atoms with Gasteiger partial charge in [-0.1, -0.05) is 19.8 Å². The summed E-state index contributed by atoms with van der Waals surface area (Å²) >= 11 is 0. The molecule has 0 bridgehead atoms. The molecular weight excluding hydrogens is 272 g/mol. The molecule has 0 radical (unpaired) electrons. The number of anilines is 1. The fourth-order valence-corrected chi connectivity index (χ4v) is 3.55. The van der Waals surface area contributed by atoms with Gasteiger partial charge in [-0.15, -0.1) is 0 Å². The Balaban J connectivity index is 2.29. The first-order valence-electron chi connectivity index (χ1n) is 7.18. The summed E-state index contributed by atoms with van der Waals surface area (Å²) in [6.45, 7) is 6.20. The second kappa shape index (κ2) is 5.74. The first kappa shape index (κ1) is 15.3. The zero-order valence-electron chi connectivity index (χ0n) is 12.4. The van der Waals surface area contributed by atoms with Gasteiger partial charge in [0, 0.05) is 11.7 Å². The first-order chi connectivity index (χ1) is 9.27. The van der Waals surface area contributed by atoms with Crippen molar-refractivity contribution in [3.63, 3.8) is 0 Å². The van der Waals surface area contributed by atoms with Crippen molar-refractivity contribution in [2.45, 2.75) is 57.4 Å². The van der Waals surface area contributed by atoms with Gasteiger partial charge in [-0.25, -0.2) is 13.6 Å². The van der Waals surface area contributed by atoms with Crippen LogP contribution < -0.4 is 10.5 Å². The smallest absolute Gasteiger partial charge is 0.238 e. The third-order valence-corrected chi connectivity index (χ3v) is 5.16. The SMILES string of the molecule is Cc1cc(S(N)(=O)=O)cc(NC2CCCC(C)C2)c1C. The summed E-state index contributed by atoms with van der Waals surface area (Å²) in [4.78, 5) is 0.187. The Morgan fingerprint density at radius 1 is 1.25 bits per heavy atom. The number of primary sulfonamides is 1. The number of nitrogens with one attached hydrogen (secondary N) is 1. The second-order valence-corrected chi connectivity index (χ2v) is 7.63. The lowest BCUT2D eigenvalue weighted by molar-refractivity contribution is 0.358. The van der Waals surface area contributed by atoms with Crippen molar-refractivity contribution in [2.24, 2.45) is 11.1 Å². The molecule has 2 atom stereocenters. The molecule has 0 heterocycles. The Bertz CT molecular complexity index is 596. The summed E-state index contributed by atoms with van der Waals surface area (Å²) in [6, 6.07) is 3.73. The Kier molecular flexibility index (Phi) is 4.39. The summed E-state index contributed by atoms with van der Waals surface area (Å²) < 4.78 is 23.1. The van der Waals surface area contributed by atoms with Crippen molar-refractivity contribution >= 4 is 15.7 Å². The average molecular weight is 296 g/mol. The van der Waals surface area contributed by atoms with Crippen LogP contribution in [0.1, 0.15) is 43.7 Å². The standard InChI is InChI=1S/C15H24N2O2S/c1-10-5-4-6-13(7-10)17-15-9-14(20(16,18)19)8-11(2)12(15)3/h8-10,13,17H,4-7H2,1-3H3,(H2,16,18,19). The molecule has 1 aromatic rings. The van der Waals surface area contributed by atoms with E-state index in [0.717, 1.165) is 35.6 Å². The van der Waals surface area contributed by atoms with E-state index < -0.39 is 10.0 Å². The number of benzene rings is 1. The number of rotatable bonds is 3. The molecule has 0 aromatic heterocycles. The highest BCUT2D eigenvalue weighted by Crippen LogP contribution is 2.29. The molecule has 3 N–H and O–H groups in total. The molecule has 1 aromatic carbocycles. The van der Waals surface area contributed by atoms with Crippen LogP contribution in [0.4, 0.5) is 5.69 Å². The summed E-state index contributed by atoms with van der Waals surface area (Å²) in [6.07, 6.45) is 4.79. The molecule has 0 spiro atoms. The van der Waals surface area contributed by atoms with Crippen LogP contribution in [0, 0.1) is 19.8 Å². The van der Waals surface area contributed by atoms with Gasteiger partial charge >= 0.3 is 0 Å². The summed E-state index contributed by atoms with van der Waals surface area (Å²) in [5.41, 5.74) is 2.94. The third-order valence-electron chi connectivity index (χ3n) is 4.27. The molecule has 4 nitrogen and oxygen atoms in total. The van der Waals surface area contributed by atoms with Crippen LogP contribution >= 0.6 is 0 Å². The molecule has 0 amide bonds. The summed E-state index contributed by atoms with van der Waals surface area (Å²) in [7, 11) is -3.66. The topological polar surface area (TPSA) is 72.2 Å². The molecule has 1 fully saturated rings. The monoisotopic (exact) mass is 296 g/mol. The van der Waals surface area contributed by atoms with Crippen LogP contribution in [0.3, 0.4) is 0 Å². The lowest BCUT2D eigenvalue weighted by Crippen LogP contribution is -2.26. The van der Waals surface area contributed by atoms with E-state index in [2.05, 4.69) is 12.2 Å². The predicted molar refractivity (Wildman–Crippen MR) is 82.3 cm³/mol. The van der Waals surface area contributed by atoms with Crippen molar-refractivity contribution < 1.29 is 8.42 Å². The summed E-state index contributed by atoms with van der Waals surface area (Å²) in [5.74, 6) is 0.726. The first-order valence-corrected chi connectivity index (χ1v) is 8.72. The van der Waals surface area contributed by atoms with E-state index in [1.165, 1.54) is 12.8 Å². The van der Waals surface area contributed by atoms with Gasteiger partial charge in [-0.05, 0) is 55.9 Å². The highest BCUT2D eigenvalue weighted by atomic mass is 32.2. The molecule has 20 heavy (non-hydrogen) atoms. The second-order valence-electron chi connectivity index (χ2n) is 6.07. The average Bonchev–Trinajstić information content (AvgIpc) is 2.33. The highest BCUT2D eigenvalue weighted by molar-refractivity contribution is 7.89. The molecule has 5 heteroatoms. The van der Waals surface area contributed by atoms with E-state index >= 15 is 0 Å². The predicted octanol–water partition coefficient (Wildman–Crippen LogP) is 2.94. The number of hydrogen-bond donors (Lipinski definition) is 2. The van der Waals surface area contributed by atoms with Crippen LogP contribution in [0.5, 0.6) is 0 Å². The Morgan fingerprint density at radius 2 is 1.95 bits per heavy atom. The fourth-order valence-electron chi connectivity index (χ4n) is 2.93. The molecule has 112 valence electrons. The van der Waals surface area contributed by atoms with Crippen molar-refractivity contribution in [3.05, 3.63) is 23.3 Å². The lowest BCUT2D eigenvalue weighted by Gasteiger charge is -2.29. The van der Waals surface area contributed by atoms with E-state index in [9.17, 15) is 8.42 Å². The van der Waals surface area contributed by atoms with Crippen molar-refractivity contribution in [2.75, 3.05) is 5.32 Å². The van der Waals surface area contributed by atoms with E-state index in [0.29, 0.717) is 6.04 Å². The Hall–Kier alpha value is -1.07. The minimum Gasteiger partial charge on any atom is -0.382 e. The molecule has 2 unspecified atom stereocenters. The Morgan fingerprint density at radius 3 is 2.55 bits per heavy atom. The van der Waals surface area contributed by atoms with Gasteiger partial charge in [0.15, 0.2) is 0 Å². The molecule has 1 aliphatic carbocycles. The van der Waals surface area contributed by atoms with Gasteiger partial charge < -0.3 is 5.32 Å². The number of aryl methyl sites for hydroxylation is 1. The zero-order chi connectivity index (χ0) is 14.9. The van der Waals surface area contributed by atoms with Gasteiger partial charge in [0.25, 0.3) is 0 Å². The fraction of sp³-hybridized carbons (Fsp3) is 0.600. The number of sulfonamides is 1. The van der Waals surface area contributed by atoms with Crippen molar-refractivity contribution in [1.82, 2.24) is 0 Å². The van der Waals surface area contributed by atoms with E-state index in [1.54, 1.807) is 12.1 Å². The molecular formula is C15H24N2O2S. The van der Waals surface area contributed by atoms with Crippen LogP contribution in [0.2, 0.25) is 0 Å². The van der Waals surface area contributed by atoms with Crippen LogP contribution in [-0.2, 0) is 10.0 Å². The van der Waals surface area contributed by atoms with Gasteiger partial charge in [0.2, 0.25) is 10.0 Å². The van der Waals surface area contributed by atoms with Gasteiger partial charge in [-0.3, -0.25) is 0 Å². The van der Waals surface area contributed by atoms with Crippen molar-refractivity contribution in [1.29, 1.82) is 0 Å². The molecule has 1 aliphatic rings. The van der Waals surface area contributed by atoms with Gasteiger partial charge in [-0.2, -0.15) is 0 Å². The minimum atomic E-state index is -3.66. The maximum atomic E-state index is 11.5. The number of nitrogens with two attached hydrogens (primary N) is 1.